The van der Waals surface area contributed by atoms with Gasteiger partial charge in [0.15, 0.2) is 0 Å². The zero-order valence-corrected chi connectivity index (χ0v) is 36.9. The normalized spacial score (nSPS) is 55.7. The first-order chi connectivity index (χ1) is 26.0. The Balaban J connectivity index is 0.000000144. The Morgan fingerprint density at radius 3 is 1.45 bits per heavy atom. The van der Waals surface area contributed by atoms with Crippen molar-refractivity contribution in [2.24, 2.45) is 115 Å². The smallest absolute Gasteiger partial charge is 0.305 e. The van der Waals surface area contributed by atoms with E-state index >= 15 is 0 Å². The molecule has 20 atom stereocenters. The number of carbonyl (C=O) groups excluding carboxylic acids is 1. The van der Waals surface area contributed by atoms with Crippen molar-refractivity contribution in [3.05, 3.63) is 0 Å². The third kappa shape index (κ3) is 5.30. The van der Waals surface area contributed by atoms with E-state index < -0.39 is 5.97 Å². The Bertz CT molecular complexity index is 1520. The quantitative estimate of drug-likeness (QED) is 0.250. The van der Waals surface area contributed by atoms with Gasteiger partial charge in [-0.2, -0.15) is 0 Å². The molecule has 0 heterocycles. The van der Waals surface area contributed by atoms with E-state index in [1.54, 1.807) is 12.8 Å². The Morgan fingerprint density at radius 1 is 0.618 bits per heavy atom. The number of ether oxygens (including phenoxy) is 1. The number of carboxylic acids is 1. The molecule has 10 aliphatic rings. The fourth-order valence-electron chi connectivity index (χ4n) is 20.8. The zero-order valence-electron chi connectivity index (χ0n) is 36.9. The van der Waals surface area contributed by atoms with Crippen LogP contribution < -0.4 is 0 Å². The van der Waals surface area contributed by atoms with Crippen LogP contribution in [0.3, 0.4) is 0 Å². The van der Waals surface area contributed by atoms with Gasteiger partial charge in [0.25, 0.3) is 0 Å². The largest absolute Gasteiger partial charge is 0.481 e. The topological polar surface area (TPSA) is 63.6 Å². The summed E-state index contributed by atoms with van der Waals surface area (Å²) in [6.07, 6.45) is 26.4. The van der Waals surface area contributed by atoms with Crippen molar-refractivity contribution in [1.82, 2.24) is 0 Å². The summed E-state index contributed by atoms with van der Waals surface area (Å²) in [4.78, 5) is 22.8. The maximum atomic E-state index is 11.7. The average Bonchev–Trinajstić information content (AvgIpc) is 3.90. The van der Waals surface area contributed by atoms with Crippen LogP contribution in [0, 0.1) is 115 Å². The molecule has 4 nitrogen and oxygen atoms in total. The average molecular weight is 759 g/mol. The van der Waals surface area contributed by atoms with Crippen molar-refractivity contribution >= 4 is 11.9 Å². The SMILES string of the molecule is COC(=O)CC[C@@H](C)C1CCC2C3C[C@@H](C)C45C[C@H]4CC[C@]5(C)C3CC[C@@]21C.C[C@H](CCC(=O)O)C1CCC2C3C[C@@H](C)C45C[C@H]4CC[C@]5(C)C3CC[C@@]21C. The number of fused-ring (bicyclic) bond motifs is 8. The van der Waals surface area contributed by atoms with Crippen molar-refractivity contribution < 1.29 is 19.4 Å². The van der Waals surface area contributed by atoms with Crippen LogP contribution in [0.4, 0.5) is 0 Å². The van der Waals surface area contributed by atoms with Gasteiger partial charge in [-0.25, -0.2) is 0 Å². The second-order valence-corrected chi connectivity index (χ2v) is 24.3. The predicted molar refractivity (Wildman–Crippen MR) is 221 cm³/mol. The summed E-state index contributed by atoms with van der Waals surface area (Å²) in [5.41, 5.74) is 3.74. The highest BCUT2D eigenvalue weighted by molar-refractivity contribution is 5.69. The molecule has 0 aromatic heterocycles. The van der Waals surface area contributed by atoms with E-state index in [9.17, 15) is 9.59 Å². The summed E-state index contributed by atoms with van der Waals surface area (Å²) >= 11 is 0. The van der Waals surface area contributed by atoms with Gasteiger partial charge in [0, 0.05) is 12.8 Å². The summed E-state index contributed by atoms with van der Waals surface area (Å²) in [7, 11) is 1.52. The molecular weight excluding hydrogens is 677 g/mol. The fraction of sp³-hybridized carbons (Fsp3) is 0.961. The minimum Gasteiger partial charge on any atom is -0.481 e. The molecule has 10 rings (SSSR count). The molecule has 2 spiro atoms. The molecule has 1 N–H and O–H groups in total. The first-order valence-electron chi connectivity index (χ1n) is 24.3. The van der Waals surface area contributed by atoms with Crippen LogP contribution in [0.15, 0.2) is 0 Å². The summed E-state index contributed by atoms with van der Waals surface area (Å²) in [5.74, 6) is 11.9. The van der Waals surface area contributed by atoms with E-state index in [1.807, 2.05) is 0 Å². The van der Waals surface area contributed by atoms with E-state index in [4.69, 9.17) is 9.84 Å². The first-order valence-corrected chi connectivity index (χ1v) is 24.3. The minimum atomic E-state index is -0.621. The van der Waals surface area contributed by atoms with Crippen LogP contribution in [-0.4, -0.2) is 24.2 Å². The van der Waals surface area contributed by atoms with Crippen LogP contribution >= 0.6 is 0 Å². The molecule has 0 bridgehead atoms. The van der Waals surface area contributed by atoms with Crippen molar-refractivity contribution in [3.8, 4) is 0 Å². The van der Waals surface area contributed by atoms with Gasteiger partial charge in [0.2, 0.25) is 0 Å². The molecule has 0 aliphatic heterocycles. The number of carbonyl (C=O) groups is 2. The fourth-order valence-corrected chi connectivity index (χ4v) is 20.8. The molecule has 10 saturated carbocycles. The number of carboxylic acid groups (broad SMARTS) is 1. The summed E-state index contributed by atoms with van der Waals surface area (Å²) in [6.45, 7) is 20.7. The third-order valence-electron chi connectivity index (χ3n) is 23.3. The molecule has 0 radical (unpaired) electrons. The van der Waals surface area contributed by atoms with E-state index in [1.165, 1.54) is 97.0 Å². The molecule has 0 aromatic carbocycles. The maximum Gasteiger partial charge on any atom is 0.305 e. The Morgan fingerprint density at radius 2 is 1.05 bits per heavy atom. The Hall–Kier alpha value is -1.06. The van der Waals surface area contributed by atoms with Crippen LogP contribution in [0.5, 0.6) is 0 Å². The third-order valence-corrected chi connectivity index (χ3v) is 23.3. The van der Waals surface area contributed by atoms with E-state index in [2.05, 4.69) is 55.4 Å². The van der Waals surface area contributed by atoms with Gasteiger partial charge in [-0.1, -0.05) is 55.4 Å². The number of aliphatic carboxylic acids is 1. The van der Waals surface area contributed by atoms with Gasteiger partial charge in [-0.05, 0) is 231 Å². The number of hydrogen-bond acceptors (Lipinski definition) is 3. The highest BCUT2D eigenvalue weighted by atomic mass is 16.5. The maximum absolute atomic E-state index is 11.7. The number of esters is 1. The van der Waals surface area contributed by atoms with E-state index in [0.29, 0.717) is 46.3 Å². The van der Waals surface area contributed by atoms with Gasteiger partial charge >= 0.3 is 11.9 Å². The van der Waals surface area contributed by atoms with E-state index in [0.717, 1.165) is 94.7 Å². The minimum absolute atomic E-state index is 0.0326. The predicted octanol–water partition coefficient (Wildman–Crippen LogP) is 12.9. The summed E-state index contributed by atoms with van der Waals surface area (Å²) in [6, 6.07) is 0. The van der Waals surface area contributed by atoms with Crippen molar-refractivity contribution in [3.63, 3.8) is 0 Å². The van der Waals surface area contributed by atoms with Crippen LogP contribution in [0.1, 0.15) is 184 Å². The number of hydrogen-bond donors (Lipinski definition) is 1. The molecular formula is C51H82O4. The van der Waals surface area contributed by atoms with Gasteiger partial charge in [-0.15, -0.1) is 0 Å². The Kier molecular flexibility index (Phi) is 9.47. The molecule has 10 aliphatic carbocycles. The van der Waals surface area contributed by atoms with Crippen molar-refractivity contribution in [2.75, 3.05) is 7.11 Å². The molecule has 10 unspecified atom stereocenters. The van der Waals surface area contributed by atoms with Crippen molar-refractivity contribution in [2.45, 2.75) is 184 Å². The van der Waals surface area contributed by atoms with Crippen molar-refractivity contribution in [1.29, 1.82) is 0 Å². The molecule has 10 fully saturated rings. The van der Waals surface area contributed by atoms with Gasteiger partial charge in [0.05, 0.1) is 7.11 Å². The highest BCUT2D eigenvalue weighted by Gasteiger charge is 2.77. The van der Waals surface area contributed by atoms with Crippen LogP contribution in [-0.2, 0) is 14.3 Å². The lowest BCUT2D eigenvalue weighted by atomic mass is 9.44. The van der Waals surface area contributed by atoms with Crippen LogP contribution in [0.2, 0.25) is 0 Å². The van der Waals surface area contributed by atoms with Gasteiger partial charge in [-0.3, -0.25) is 9.59 Å². The summed E-state index contributed by atoms with van der Waals surface area (Å²) in [5, 5.41) is 9.13. The van der Waals surface area contributed by atoms with Gasteiger partial charge in [0.1, 0.15) is 0 Å². The summed E-state index contributed by atoms with van der Waals surface area (Å²) < 4.78 is 4.90. The number of rotatable bonds is 8. The van der Waals surface area contributed by atoms with Gasteiger partial charge < -0.3 is 9.84 Å². The second-order valence-electron chi connectivity index (χ2n) is 24.3. The first kappa shape index (κ1) is 39.4. The molecule has 55 heavy (non-hydrogen) atoms. The lowest BCUT2D eigenvalue weighted by Crippen LogP contribution is -2.54. The molecule has 0 saturated heterocycles. The Labute approximate surface area is 336 Å². The monoisotopic (exact) mass is 759 g/mol. The second kappa shape index (κ2) is 13.2. The van der Waals surface area contributed by atoms with E-state index in [-0.39, 0.29) is 5.97 Å². The lowest BCUT2D eigenvalue weighted by molar-refractivity contribution is -0.141. The van der Waals surface area contributed by atoms with Crippen LogP contribution in [0.25, 0.3) is 0 Å². The highest BCUT2D eigenvalue weighted by Crippen LogP contribution is 2.85. The molecule has 4 heteroatoms. The molecule has 0 amide bonds. The standard InChI is InChI=1S/C26H42O2.C25H40O2/c1-16(6-9-23(27)28-5)20-7-8-21-19-14-17(2)26-15-18(26)10-13-25(26,4)22(19)11-12-24(20,21)3;1-15(5-8-22(26)27)19-6-7-20-18-13-16(2)25-14-17(25)9-12-24(25,4)21(18)10-11-23(19,20)3/h16-22H,6-15H2,1-5H3;15-21H,5-14H2,1-4H3,(H,26,27)/t16-,17-,18-,19?,20?,21?,22?,24-,25-,26?;15-,16-,17-,18?,19?,20?,21?,23-,24-,25?/m11/s1. The zero-order chi connectivity index (χ0) is 39.1. The lowest BCUT2D eigenvalue weighted by Gasteiger charge is -2.61. The molecule has 310 valence electrons. The number of methoxy groups -OCH3 is 1. The molecule has 0 aromatic rings.